The second-order valence-electron chi connectivity index (χ2n) is 3.29. The van der Waals surface area contributed by atoms with Gasteiger partial charge in [-0.25, -0.2) is 4.98 Å². The first-order valence-electron chi connectivity index (χ1n) is 4.84. The molecule has 2 aromatic rings. The summed E-state index contributed by atoms with van der Waals surface area (Å²) in [6, 6.07) is 5.62. The van der Waals surface area contributed by atoms with Crippen LogP contribution in [0.2, 0.25) is 0 Å². The Kier molecular flexibility index (Phi) is 3.26. The molecule has 1 aromatic carbocycles. The molecule has 0 aliphatic heterocycles. The number of anilines is 2. The third-order valence-corrected chi connectivity index (χ3v) is 2.83. The van der Waals surface area contributed by atoms with Gasteiger partial charge in [-0.15, -0.1) is 11.3 Å². The van der Waals surface area contributed by atoms with Crippen molar-refractivity contribution in [2.45, 2.75) is 6.54 Å². The van der Waals surface area contributed by atoms with Crippen LogP contribution in [0.5, 0.6) is 5.75 Å². The first-order chi connectivity index (χ1) is 7.79. The van der Waals surface area contributed by atoms with Gasteiger partial charge in [0, 0.05) is 17.1 Å². The van der Waals surface area contributed by atoms with Crippen molar-refractivity contribution >= 4 is 22.7 Å². The maximum Gasteiger partial charge on any atom is 0.143 e. The van der Waals surface area contributed by atoms with Gasteiger partial charge in [-0.2, -0.15) is 0 Å². The zero-order chi connectivity index (χ0) is 11.4. The average Bonchev–Trinajstić information content (AvgIpc) is 2.81. The van der Waals surface area contributed by atoms with Crippen LogP contribution in [0.15, 0.2) is 29.1 Å². The molecule has 1 aromatic heterocycles. The van der Waals surface area contributed by atoms with E-state index < -0.39 is 0 Å². The van der Waals surface area contributed by atoms with E-state index in [4.69, 9.17) is 10.5 Å². The van der Waals surface area contributed by atoms with E-state index in [0.29, 0.717) is 18.0 Å². The summed E-state index contributed by atoms with van der Waals surface area (Å²) in [5.74, 6) is 0.684. The van der Waals surface area contributed by atoms with Gasteiger partial charge in [-0.1, -0.05) is 0 Å². The zero-order valence-electron chi connectivity index (χ0n) is 8.93. The second kappa shape index (κ2) is 4.85. The van der Waals surface area contributed by atoms with E-state index in [-0.39, 0.29) is 0 Å². The Morgan fingerprint density at radius 2 is 2.38 bits per heavy atom. The Hall–Kier alpha value is -1.75. The summed E-state index contributed by atoms with van der Waals surface area (Å²) in [5.41, 5.74) is 10.2. The first-order valence-corrected chi connectivity index (χ1v) is 5.78. The average molecular weight is 235 g/mol. The van der Waals surface area contributed by atoms with Crippen molar-refractivity contribution < 1.29 is 4.74 Å². The highest BCUT2D eigenvalue weighted by atomic mass is 32.1. The van der Waals surface area contributed by atoms with Gasteiger partial charge in [0.1, 0.15) is 5.75 Å². The van der Waals surface area contributed by atoms with Crippen LogP contribution in [0, 0.1) is 0 Å². The molecule has 2 rings (SSSR count). The molecule has 0 aliphatic rings. The number of rotatable bonds is 4. The number of nitrogens with zero attached hydrogens (tertiary/aromatic N) is 1. The van der Waals surface area contributed by atoms with Crippen LogP contribution in [0.4, 0.5) is 11.4 Å². The molecule has 84 valence electrons. The minimum absolute atomic E-state index is 0.640. The lowest BCUT2D eigenvalue weighted by Gasteiger charge is -2.08. The number of nitrogens with one attached hydrogen (secondary N) is 1. The van der Waals surface area contributed by atoms with Crippen molar-refractivity contribution in [3.05, 3.63) is 34.8 Å². The van der Waals surface area contributed by atoms with Crippen LogP contribution in [0.1, 0.15) is 5.69 Å². The van der Waals surface area contributed by atoms with Crippen LogP contribution in [0.25, 0.3) is 0 Å². The fourth-order valence-corrected chi connectivity index (χ4v) is 1.90. The van der Waals surface area contributed by atoms with Gasteiger partial charge in [-0.05, 0) is 12.1 Å². The molecule has 5 heteroatoms. The number of methoxy groups -OCH3 is 1. The lowest BCUT2D eigenvalue weighted by atomic mass is 10.2. The molecule has 16 heavy (non-hydrogen) atoms. The summed E-state index contributed by atoms with van der Waals surface area (Å²) in [6.45, 7) is 0.705. The summed E-state index contributed by atoms with van der Waals surface area (Å²) in [4.78, 5) is 4.19. The molecule has 0 atom stereocenters. The van der Waals surface area contributed by atoms with Crippen LogP contribution in [0.3, 0.4) is 0 Å². The van der Waals surface area contributed by atoms with Gasteiger partial charge < -0.3 is 15.8 Å². The minimum atomic E-state index is 0.640. The number of ether oxygens (including phenoxy) is 1. The number of benzene rings is 1. The molecule has 0 saturated heterocycles. The van der Waals surface area contributed by atoms with Crippen molar-refractivity contribution in [2.24, 2.45) is 0 Å². The van der Waals surface area contributed by atoms with Gasteiger partial charge in [0.15, 0.2) is 0 Å². The molecule has 0 spiro atoms. The predicted octanol–water partition coefficient (Wildman–Crippen LogP) is 2.35. The topological polar surface area (TPSA) is 60.2 Å². The molecule has 0 aliphatic carbocycles. The second-order valence-corrected chi connectivity index (χ2v) is 4.01. The highest BCUT2D eigenvalue weighted by Crippen LogP contribution is 2.25. The first kappa shape index (κ1) is 10.8. The third-order valence-electron chi connectivity index (χ3n) is 2.19. The van der Waals surface area contributed by atoms with Crippen LogP contribution >= 0.6 is 11.3 Å². The molecule has 0 bridgehead atoms. The fraction of sp³-hybridized carbons (Fsp3) is 0.182. The van der Waals surface area contributed by atoms with Crippen LogP contribution in [-0.4, -0.2) is 12.1 Å². The van der Waals surface area contributed by atoms with Crippen molar-refractivity contribution in [3.8, 4) is 5.75 Å². The van der Waals surface area contributed by atoms with Gasteiger partial charge in [-0.3, -0.25) is 0 Å². The summed E-state index contributed by atoms with van der Waals surface area (Å²) in [7, 11) is 1.61. The Morgan fingerprint density at radius 3 is 3.06 bits per heavy atom. The molecule has 0 unspecified atom stereocenters. The van der Waals surface area contributed by atoms with Crippen molar-refractivity contribution in [2.75, 3.05) is 18.2 Å². The molecule has 0 radical (unpaired) electrons. The molecular weight excluding hydrogens is 222 g/mol. The quantitative estimate of drug-likeness (QED) is 0.799. The number of hydrogen-bond donors (Lipinski definition) is 2. The standard InChI is InChI=1S/C11H13N3OS/c1-15-11-4-8(2-3-10(11)12)13-5-9-6-16-7-14-9/h2-4,6-7,13H,5,12H2,1H3. The normalized spacial score (nSPS) is 10.1. The monoisotopic (exact) mass is 235 g/mol. The molecule has 0 saturated carbocycles. The van der Waals surface area contributed by atoms with Gasteiger partial charge >= 0.3 is 0 Å². The number of aromatic nitrogens is 1. The van der Waals surface area contributed by atoms with E-state index in [1.807, 2.05) is 29.1 Å². The van der Waals surface area contributed by atoms with Crippen molar-refractivity contribution in [1.82, 2.24) is 4.98 Å². The fourth-order valence-electron chi connectivity index (χ4n) is 1.34. The minimum Gasteiger partial charge on any atom is -0.495 e. The van der Waals surface area contributed by atoms with E-state index in [1.54, 1.807) is 18.4 Å². The largest absolute Gasteiger partial charge is 0.495 e. The van der Waals surface area contributed by atoms with E-state index in [2.05, 4.69) is 10.3 Å². The van der Waals surface area contributed by atoms with E-state index >= 15 is 0 Å². The van der Waals surface area contributed by atoms with Crippen LogP contribution in [-0.2, 0) is 6.54 Å². The lowest BCUT2D eigenvalue weighted by Crippen LogP contribution is -2.00. The molecule has 0 amide bonds. The smallest absolute Gasteiger partial charge is 0.143 e. The molecular formula is C11H13N3OS. The third kappa shape index (κ3) is 2.43. The number of nitrogens with two attached hydrogens (primary N) is 1. The van der Waals surface area contributed by atoms with Gasteiger partial charge in [0.05, 0.1) is 30.5 Å². The van der Waals surface area contributed by atoms with Gasteiger partial charge in [0.25, 0.3) is 0 Å². The number of thiazole rings is 1. The Balaban J connectivity index is 2.04. The Morgan fingerprint density at radius 1 is 1.50 bits per heavy atom. The number of nitrogen functional groups attached to an aromatic ring is 1. The van der Waals surface area contributed by atoms with Crippen LogP contribution < -0.4 is 15.8 Å². The van der Waals surface area contributed by atoms with E-state index in [1.165, 1.54) is 0 Å². The lowest BCUT2D eigenvalue weighted by molar-refractivity contribution is 0.417. The Labute approximate surface area is 98.1 Å². The van der Waals surface area contributed by atoms with Crippen molar-refractivity contribution in [3.63, 3.8) is 0 Å². The summed E-state index contributed by atoms with van der Waals surface area (Å²) in [6.07, 6.45) is 0. The van der Waals surface area contributed by atoms with E-state index in [9.17, 15) is 0 Å². The van der Waals surface area contributed by atoms with Gasteiger partial charge in [0.2, 0.25) is 0 Å². The molecule has 1 heterocycles. The SMILES string of the molecule is COc1cc(NCc2cscn2)ccc1N. The predicted molar refractivity (Wildman–Crippen MR) is 66.8 cm³/mol. The maximum absolute atomic E-state index is 5.73. The Bertz CT molecular complexity index is 456. The maximum atomic E-state index is 5.73. The molecule has 0 fully saturated rings. The number of hydrogen-bond acceptors (Lipinski definition) is 5. The molecule has 4 nitrogen and oxygen atoms in total. The summed E-state index contributed by atoms with van der Waals surface area (Å²) >= 11 is 1.59. The highest BCUT2D eigenvalue weighted by Gasteiger charge is 2.01. The van der Waals surface area contributed by atoms with E-state index in [0.717, 1.165) is 11.4 Å². The van der Waals surface area contributed by atoms with Crippen molar-refractivity contribution in [1.29, 1.82) is 0 Å². The summed E-state index contributed by atoms with van der Waals surface area (Å²) < 4.78 is 5.14. The zero-order valence-corrected chi connectivity index (χ0v) is 9.75. The summed E-state index contributed by atoms with van der Waals surface area (Å²) in [5, 5.41) is 5.27. The highest BCUT2D eigenvalue weighted by molar-refractivity contribution is 7.07. The molecule has 3 N–H and O–H groups in total.